The average molecular weight is 322 g/mol. The number of methoxy groups -OCH3 is 1. The molecule has 0 amide bonds. The molecule has 1 aliphatic carbocycles. The van der Waals surface area contributed by atoms with Crippen molar-refractivity contribution in [1.29, 1.82) is 0 Å². The van der Waals surface area contributed by atoms with Gasteiger partial charge in [0.25, 0.3) is 0 Å². The van der Waals surface area contributed by atoms with Gasteiger partial charge in [0, 0.05) is 13.0 Å². The van der Waals surface area contributed by atoms with Gasteiger partial charge in [0.15, 0.2) is 0 Å². The Kier molecular flexibility index (Phi) is 5.54. The van der Waals surface area contributed by atoms with Crippen molar-refractivity contribution < 1.29 is 29.6 Å². The van der Waals surface area contributed by atoms with E-state index in [-0.39, 0.29) is 13.0 Å². The fraction of sp³-hybridized carbons (Fsp3) is 0.471. The quantitative estimate of drug-likeness (QED) is 0.477. The Balaban J connectivity index is 1.88. The van der Waals surface area contributed by atoms with Crippen molar-refractivity contribution in [2.45, 2.75) is 30.3 Å². The monoisotopic (exact) mass is 322 g/mol. The maximum absolute atomic E-state index is 11.8. The summed E-state index contributed by atoms with van der Waals surface area (Å²) in [7, 11) is 1.37. The van der Waals surface area contributed by atoms with E-state index < -0.39 is 35.8 Å². The van der Waals surface area contributed by atoms with E-state index in [0.29, 0.717) is 5.56 Å². The molecule has 1 aliphatic rings. The third kappa shape index (κ3) is 3.79. The van der Waals surface area contributed by atoms with E-state index in [4.69, 9.17) is 9.47 Å². The second-order valence-electron chi connectivity index (χ2n) is 5.73. The van der Waals surface area contributed by atoms with Gasteiger partial charge in [-0.05, 0) is 18.6 Å². The third-order valence-corrected chi connectivity index (χ3v) is 4.22. The lowest BCUT2D eigenvalue weighted by Gasteiger charge is -2.27. The van der Waals surface area contributed by atoms with Gasteiger partial charge in [0.1, 0.15) is 18.3 Å². The summed E-state index contributed by atoms with van der Waals surface area (Å²) in [5.74, 6) is -0.919. The Morgan fingerprint density at radius 1 is 1.43 bits per heavy atom. The van der Waals surface area contributed by atoms with Crippen LogP contribution in [0.15, 0.2) is 43.0 Å². The molecule has 1 fully saturated rings. The van der Waals surface area contributed by atoms with Crippen molar-refractivity contribution in [3.63, 3.8) is 0 Å². The highest BCUT2D eigenvalue weighted by Gasteiger charge is 2.60. The van der Waals surface area contributed by atoms with Gasteiger partial charge in [0.05, 0.1) is 17.8 Å². The van der Waals surface area contributed by atoms with Gasteiger partial charge in [-0.3, -0.25) is 0 Å². The van der Waals surface area contributed by atoms with Crippen LogP contribution in [0.25, 0.3) is 0 Å². The number of carbonyl (C=O) groups is 1. The largest absolute Gasteiger partial charge is 0.462 e. The first-order chi connectivity index (χ1) is 10.9. The molecule has 0 radical (unpaired) electrons. The number of aliphatic hydroxyl groups excluding tert-OH is 2. The lowest BCUT2D eigenvalue weighted by Crippen LogP contribution is -2.47. The van der Waals surface area contributed by atoms with Gasteiger partial charge in [0.2, 0.25) is 0 Å². The van der Waals surface area contributed by atoms with Crippen molar-refractivity contribution >= 4 is 5.97 Å². The summed E-state index contributed by atoms with van der Waals surface area (Å²) >= 11 is 0. The maximum atomic E-state index is 11.8. The lowest BCUT2D eigenvalue weighted by molar-refractivity contribution is -0.118. The Hall–Kier alpha value is -1.73. The summed E-state index contributed by atoms with van der Waals surface area (Å²) in [6.07, 6.45) is -1.92. The van der Waals surface area contributed by atoms with Crippen molar-refractivity contribution in [2.75, 3.05) is 13.7 Å². The molecular formula is C17H22O6. The van der Waals surface area contributed by atoms with Crippen LogP contribution in [0.2, 0.25) is 0 Å². The van der Waals surface area contributed by atoms with Gasteiger partial charge < -0.3 is 24.8 Å². The van der Waals surface area contributed by atoms with Gasteiger partial charge in [-0.2, -0.15) is 0 Å². The van der Waals surface area contributed by atoms with Gasteiger partial charge in [-0.15, -0.1) is 6.58 Å². The van der Waals surface area contributed by atoms with Crippen LogP contribution < -0.4 is 0 Å². The van der Waals surface area contributed by atoms with Gasteiger partial charge in [-0.1, -0.05) is 24.3 Å². The Morgan fingerprint density at radius 3 is 2.65 bits per heavy atom. The molecule has 6 heteroatoms. The first-order valence-electron chi connectivity index (χ1n) is 7.40. The predicted molar refractivity (Wildman–Crippen MR) is 82.8 cm³/mol. The molecule has 0 aliphatic heterocycles. The molecule has 0 spiro atoms. The summed E-state index contributed by atoms with van der Waals surface area (Å²) in [5, 5.41) is 30.5. The zero-order valence-corrected chi connectivity index (χ0v) is 13.0. The summed E-state index contributed by atoms with van der Waals surface area (Å²) in [6.45, 7) is 3.47. The van der Waals surface area contributed by atoms with Crippen LogP contribution in [-0.4, -0.2) is 58.9 Å². The number of carbonyl (C=O) groups excluding carboxylic acids is 1. The van der Waals surface area contributed by atoms with Crippen molar-refractivity contribution in [1.82, 2.24) is 0 Å². The van der Waals surface area contributed by atoms with E-state index in [1.165, 1.54) is 13.2 Å². The van der Waals surface area contributed by atoms with E-state index in [2.05, 4.69) is 6.58 Å². The van der Waals surface area contributed by atoms with Crippen LogP contribution in [0.5, 0.6) is 0 Å². The van der Waals surface area contributed by atoms with Crippen LogP contribution in [0, 0.1) is 5.92 Å². The molecular weight excluding hydrogens is 300 g/mol. The van der Waals surface area contributed by atoms with E-state index in [9.17, 15) is 20.1 Å². The predicted octanol–water partition coefficient (Wildman–Crippen LogP) is 0.517. The number of ether oxygens (including phenoxy) is 2. The molecule has 1 aromatic carbocycles. The second-order valence-corrected chi connectivity index (χ2v) is 5.73. The van der Waals surface area contributed by atoms with Crippen molar-refractivity contribution in [3.05, 3.63) is 48.6 Å². The fourth-order valence-corrected chi connectivity index (χ4v) is 2.59. The first-order valence-corrected chi connectivity index (χ1v) is 7.40. The Bertz CT molecular complexity index is 545. The molecule has 126 valence electrons. The highest BCUT2D eigenvalue weighted by atomic mass is 16.5. The minimum absolute atomic E-state index is 0.0280. The standard InChI is InChI=1S/C17H22O6/c1-3-13(22-2)14(18)15(19)17(21)9-12(17)10-23-16(20)11-7-5-4-6-8-11/h3-8,12-15,18-19,21H,1,9-10H2,2H3/t12-,13?,14?,15?,17+/m0/s1. The molecule has 2 rings (SSSR count). The molecule has 3 unspecified atom stereocenters. The number of rotatable bonds is 8. The van der Waals surface area contributed by atoms with Crippen molar-refractivity contribution in [2.24, 2.45) is 5.92 Å². The molecule has 1 saturated carbocycles. The van der Waals surface area contributed by atoms with Crippen LogP contribution in [0.3, 0.4) is 0 Å². The highest BCUT2D eigenvalue weighted by molar-refractivity contribution is 5.89. The SMILES string of the molecule is C=CC(OC)C(O)C(O)[C@@]1(O)C[C@H]1COC(=O)c1ccccc1. The molecule has 0 aromatic heterocycles. The van der Waals surface area contributed by atoms with Crippen LogP contribution >= 0.6 is 0 Å². The minimum Gasteiger partial charge on any atom is -0.462 e. The Labute approximate surface area is 135 Å². The molecule has 6 nitrogen and oxygen atoms in total. The molecule has 3 N–H and O–H groups in total. The van der Waals surface area contributed by atoms with Crippen LogP contribution in [0.1, 0.15) is 16.8 Å². The normalized spacial score (nSPS) is 26.9. The second kappa shape index (κ2) is 7.23. The maximum Gasteiger partial charge on any atom is 0.338 e. The van der Waals surface area contributed by atoms with Crippen molar-refractivity contribution in [3.8, 4) is 0 Å². The third-order valence-electron chi connectivity index (χ3n) is 4.22. The van der Waals surface area contributed by atoms with E-state index in [0.717, 1.165) is 0 Å². The molecule has 0 saturated heterocycles. The topological polar surface area (TPSA) is 96.2 Å². The smallest absolute Gasteiger partial charge is 0.338 e. The fourth-order valence-electron chi connectivity index (χ4n) is 2.59. The first kappa shape index (κ1) is 17.6. The summed E-state index contributed by atoms with van der Waals surface area (Å²) in [5.41, 5.74) is -1.07. The summed E-state index contributed by atoms with van der Waals surface area (Å²) in [4.78, 5) is 11.8. The number of hydrogen-bond donors (Lipinski definition) is 3. The van der Waals surface area contributed by atoms with Crippen LogP contribution in [0.4, 0.5) is 0 Å². The zero-order chi connectivity index (χ0) is 17.0. The molecule has 0 bridgehead atoms. The molecule has 5 atom stereocenters. The summed E-state index contributed by atoms with van der Waals surface area (Å²) < 4.78 is 10.1. The van der Waals surface area contributed by atoms with Crippen LogP contribution in [-0.2, 0) is 9.47 Å². The number of hydrogen-bond acceptors (Lipinski definition) is 6. The highest BCUT2D eigenvalue weighted by Crippen LogP contribution is 2.47. The molecule has 1 aromatic rings. The minimum atomic E-state index is -1.49. The lowest BCUT2D eigenvalue weighted by atomic mass is 9.99. The van der Waals surface area contributed by atoms with E-state index in [1.807, 2.05) is 0 Å². The Morgan fingerprint density at radius 2 is 2.09 bits per heavy atom. The molecule has 0 heterocycles. The van der Waals surface area contributed by atoms with E-state index in [1.54, 1.807) is 30.3 Å². The summed E-state index contributed by atoms with van der Waals surface area (Å²) in [6, 6.07) is 8.51. The number of aliphatic hydroxyl groups is 3. The molecule has 23 heavy (non-hydrogen) atoms. The van der Waals surface area contributed by atoms with Gasteiger partial charge in [-0.25, -0.2) is 4.79 Å². The number of benzene rings is 1. The van der Waals surface area contributed by atoms with E-state index >= 15 is 0 Å². The zero-order valence-electron chi connectivity index (χ0n) is 13.0. The number of esters is 1. The van der Waals surface area contributed by atoms with Gasteiger partial charge >= 0.3 is 5.97 Å². The average Bonchev–Trinajstić information content (AvgIpc) is 3.25.